The Hall–Kier alpha value is -3.30. The van der Waals surface area contributed by atoms with Crippen molar-refractivity contribution in [2.24, 2.45) is 5.92 Å². The van der Waals surface area contributed by atoms with Gasteiger partial charge in [-0.3, -0.25) is 14.4 Å². The highest BCUT2D eigenvalue weighted by Gasteiger charge is 2.54. The molecule has 5 rings (SSSR count). The van der Waals surface area contributed by atoms with Gasteiger partial charge in [-0.15, -0.1) is 0 Å². The molecule has 1 N–H and O–H groups in total. The molecule has 1 aromatic heterocycles. The van der Waals surface area contributed by atoms with Gasteiger partial charge in [0.2, 0.25) is 5.43 Å². The summed E-state index contributed by atoms with van der Waals surface area (Å²) in [6, 6.07) is 1.04. The predicted octanol–water partition coefficient (Wildman–Crippen LogP) is 3.77. The van der Waals surface area contributed by atoms with Crippen molar-refractivity contribution in [3.63, 3.8) is 0 Å². The number of fused-ring (bicyclic) bond motifs is 2. The number of amides is 2. The van der Waals surface area contributed by atoms with Gasteiger partial charge in [-0.25, -0.2) is 13.2 Å². The molecule has 1 aliphatic carbocycles. The molecular formula is C26H28F3N3O4. The molecule has 192 valence electrons. The summed E-state index contributed by atoms with van der Waals surface area (Å²) in [5.74, 6) is -4.24. The smallest absolute Gasteiger partial charge is 0.275 e. The summed E-state index contributed by atoms with van der Waals surface area (Å²) in [5, 5.41) is 2.35. The summed E-state index contributed by atoms with van der Waals surface area (Å²) >= 11 is 0. The molecule has 1 saturated carbocycles. The van der Waals surface area contributed by atoms with Crippen LogP contribution >= 0.6 is 0 Å². The molecule has 2 bridgehead atoms. The van der Waals surface area contributed by atoms with E-state index in [-0.39, 0.29) is 35.1 Å². The van der Waals surface area contributed by atoms with Crippen LogP contribution in [-0.2, 0) is 13.1 Å². The van der Waals surface area contributed by atoms with Gasteiger partial charge < -0.3 is 19.5 Å². The number of hydrogen-bond acceptors (Lipinski definition) is 4. The molecule has 3 aliphatic rings. The van der Waals surface area contributed by atoms with Gasteiger partial charge in [-0.05, 0) is 31.6 Å². The minimum Gasteiger partial charge on any atom is -0.487 e. The van der Waals surface area contributed by atoms with Crippen LogP contribution in [0.15, 0.2) is 23.1 Å². The second-order valence-electron chi connectivity index (χ2n) is 10.0. The number of pyridine rings is 1. The first-order chi connectivity index (χ1) is 17.2. The molecule has 1 aromatic carbocycles. The van der Waals surface area contributed by atoms with Crippen molar-refractivity contribution in [1.29, 1.82) is 0 Å². The van der Waals surface area contributed by atoms with Gasteiger partial charge >= 0.3 is 0 Å². The number of carbonyl (C=O) groups excluding carboxylic acids is 2. The number of aromatic nitrogens is 1. The summed E-state index contributed by atoms with van der Waals surface area (Å²) in [7, 11) is 0. The maximum atomic E-state index is 14.0. The lowest BCUT2D eigenvalue weighted by Gasteiger charge is -2.44. The first kappa shape index (κ1) is 24.4. The highest BCUT2D eigenvalue weighted by Crippen LogP contribution is 2.48. The van der Waals surface area contributed by atoms with Gasteiger partial charge in [0.25, 0.3) is 11.8 Å². The average molecular weight is 504 g/mol. The number of nitrogens with one attached hydrogen (secondary N) is 1. The Bertz CT molecular complexity index is 1270. The minimum absolute atomic E-state index is 0.140. The number of rotatable bonds is 7. The standard InChI is InChI=1S/C26H28F3N3O4/c1-2-3-7-36-23-21-25(35)32-12-15-5-4-6-26(32,10-15)14-31(21)13-18(22(23)33)24(34)30-11-17-19(28)8-16(27)9-20(17)29/h8-9,13,15H,2-7,10-12,14H2,1H3,(H,30,34)/t15-,26+/m0/s1. The SMILES string of the molecule is CCCCOc1c2n(cc(C(=O)NCc3c(F)cc(F)cc3F)c1=O)C[C@]13CCC[C@H](CN1C2=O)C3. The van der Waals surface area contributed by atoms with E-state index >= 15 is 0 Å². The summed E-state index contributed by atoms with van der Waals surface area (Å²) in [4.78, 5) is 41.9. The Morgan fingerprint density at radius 3 is 2.69 bits per heavy atom. The normalized spacial score (nSPS) is 22.3. The molecule has 2 aromatic rings. The van der Waals surface area contributed by atoms with Crippen LogP contribution in [0, 0.1) is 23.4 Å². The molecule has 2 amide bonds. The zero-order valence-corrected chi connectivity index (χ0v) is 20.0. The Morgan fingerprint density at radius 1 is 1.22 bits per heavy atom. The van der Waals surface area contributed by atoms with E-state index in [2.05, 4.69) is 5.32 Å². The molecule has 3 heterocycles. The number of unbranched alkanes of at least 4 members (excludes halogenated alkanes) is 1. The van der Waals surface area contributed by atoms with E-state index in [0.717, 1.165) is 32.1 Å². The third-order valence-corrected chi connectivity index (χ3v) is 7.61. The van der Waals surface area contributed by atoms with Crippen LogP contribution < -0.4 is 15.5 Å². The molecule has 2 fully saturated rings. The molecule has 1 saturated heterocycles. The van der Waals surface area contributed by atoms with E-state index in [0.29, 0.717) is 37.6 Å². The Labute approximate surface area is 206 Å². The summed E-state index contributed by atoms with van der Waals surface area (Å²) in [6.45, 7) is 2.68. The fraction of sp³-hybridized carbons (Fsp3) is 0.500. The second-order valence-corrected chi connectivity index (χ2v) is 10.0. The van der Waals surface area contributed by atoms with Crippen molar-refractivity contribution < 1.29 is 27.5 Å². The van der Waals surface area contributed by atoms with Crippen LogP contribution in [0.2, 0.25) is 0 Å². The van der Waals surface area contributed by atoms with Crippen LogP contribution in [0.25, 0.3) is 0 Å². The molecular weight excluding hydrogens is 475 g/mol. The summed E-state index contributed by atoms with van der Waals surface area (Å²) < 4.78 is 48.7. The van der Waals surface area contributed by atoms with Gasteiger partial charge in [-0.1, -0.05) is 19.8 Å². The summed E-state index contributed by atoms with van der Waals surface area (Å²) in [6.07, 6.45) is 6.60. The number of nitrogens with zero attached hydrogens (tertiary/aromatic N) is 2. The molecule has 0 radical (unpaired) electrons. The molecule has 36 heavy (non-hydrogen) atoms. The van der Waals surface area contributed by atoms with E-state index < -0.39 is 40.9 Å². The van der Waals surface area contributed by atoms with Crippen molar-refractivity contribution >= 4 is 11.8 Å². The highest BCUT2D eigenvalue weighted by atomic mass is 19.1. The van der Waals surface area contributed by atoms with Crippen molar-refractivity contribution in [2.75, 3.05) is 13.2 Å². The Balaban J connectivity index is 1.50. The Morgan fingerprint density at radius 2 is 1.97 bits per heavy atom. The van der Waals surface area contributed by atoms with Gasteiger partial charge in [0, 0.05) is 43.5 Å². The zero-order chi connectivity index (χ0) is 25.6. The van der Waals surface area contributed by atoms with Crippen LogP contribution in [-0.4, -0.2) is 40.0 Å². The van der Waals surface area contributed by atoms with Gasteiger partial charge in [0.15, 0.2) is 11.4 Å². The van der Waals surface area contributed by atoms with Crippen LogP contribution in [0.4, 0.5) is 13.2 Å². The molecule has 2 aliphatic heterocycles. The maximum absolute atomic E-state index is 14.0. The van der Waals surface area contributed by atoms with Crippen LogP contribution in [0.1, 0.15) is 71.9 Å². The third-order valence-electron chi connectivity index (χ3n) is 7.61. The monoisotopic (exact) mass is 503 g/mol. The fourth-order valence-corrected chi connectivity index (χ4v) is 5.89. The van der Waals surface area contributed by atoms with Crippen molar-refractivity contribution in [3.8, 4) is 5.75 Å². The van der Waals surface area contributed by atoms with Crippen LogP contribution in [0.5, 0.6) is 5.75 Å². The topological polar surface area (TPSA) is 80.6 Å². The number of carbonyl (C=O) groups is 2. The minimum atomic E-state index is -1.14. The largest absolute Gasteiger partial charge is 0.487 e. The molecule has 7 nitrogen and oxygen atoms in total. The van der Waals surface area contributed by atoms with E-state index in [1.165, 1.54) is 6.20 Å². The first-order valence-corrected chi connectivity index (χ1v) is 12.4. The molecule has 10 heteroatoms. The lowest BCUT2D eigenvalue weighted by molar-refractivity contribution is 0.0417. The third kappa shape index (κ3) is 4.06. The first-order valence-electron chi connectivity index (χ1n) is 12.4. The highest BCUT2D eigenvalue weighted by molar-refractivity contribution is 5.99. The number of ether oxygens (including phenoxy) is 1. The quantitative estimate of drug-likeness (QED) is 0.584. The number of benzene rings is 1. The van der Waals surface area contributed by atoms with Gasteiger partial charge in [0.1, 0.15) is 23.0 Å². The van der Waals surface area contributed by atoms with Crippen molar-refractivity contribution in [1.82, 2.24) is 14.8 Å². The zero-order valence-electron chi connectivity index (χ0n) is 20.0. The lowest BCUT2D eigenvalue weighted by Crippen LogP contribution is -2.55. The van der Waals surface area contributed by atoms with Crippen molar-refractivity contribution in [2.45, 2.75) is 64.1 Å². The summed E-state index contributed by atoms with van der Waals surface area (Å²) in [5.41, 5.74) is -1.76. The lowest BCUT2D eigenvalue weighted by atomic mass is 9.79. The number of hydrogen-bond donors (Lipinski definition) is 1. The van der Waals surface area contributed by atoms with E-state index in [4.69, 9.17) is 4.74 Å². The molecule has 0 unspecified atom stereocenters. The van der Waals surface area contributed by atoms with Crippen molar-refractivity contribution in [3.05, 3.63) is 62.8 Å². The number of halogens is 3. The predicted molar refractivity (Wildman–Crippen MR) is 124 cm³/mol. The maximum Gasteiger partial charge on any atom is 0.275 e. The second kappa shape index (κ2) is 9.29. The van der Waals surface area contributed by atoms with Gasteiger partial charge in [0.05, 0.1) is 12.1 Å². The van der Waals surface area contributed by atoms with Crippen LogP contribution in [0.3, 0.4) is 0 Å². The van der Waals surface area contributed by atoms with Gasteiger partial charge in [-0.2, -0.15) is 0 Å². The van der Waals surface area contributed by atoms with E-state index in [1.807, 2.05) is 11.8 Å². The molecule has 1 spiro atoms. The Kier molecular flexibility index (Phi) is 6.30. The fourth-order valence-electron chi connectivity index (χ4n) is 5.89. The van der Waals surface area contributed by atoms with E-state index in [9.17, 15) is 27.6 Å². The average Bonchev–Trinajstić information content (AvgIpc) is 3.09. The molecule has 2 atom stereocenters. The van der Waals surface area contributed by atoms with E-state index in [1.54, 1.807) is 4.57 Å².